The molecule has 0 aromatic heterocycles. The minimum Gasteiger partial charge on any atom is -0.508 e. The predicted octanol–water partition coefficient (Wildman–Crippen LogP) is 1.72. The molecule has 4 nitrogen and oxygen atoms in total. The summed E-state index contributed by atoms with van der Waals surface area (Å²) in [5, 5.41) is 18.1. The molecule has 0 spiro atoms. The van der Waals surface area contributed by atoms with Gasteiger partial charge in [-0.3, -0.25) is 4.79 Å². The van der Waals surface area contributed by atoms with Crippen molar-refractivity contribution in [2.45, 2.75) is 18.9 Å². The number of aliphatic carboxylic acids is 1. The van der Waals surface area contributed by atoms with E-state index < -0.39 is 11.5 Å². The van der Waals surface area contributed by atoms with Gasteiger partial charge < -0.3 is 10.2 Å². The lowest BCUT2D eigenvalue weighted by Crippen LogP contribution is -2.46. The number of carboxylic acid groups (broad SMARTS) is 1. The summed E-state index contributed by atoms with van der Waals surface area (Å²) < 4.78 is 2.75. The minimum atomic E-state index is -0.989. The van der Waals surface area contributed by atoms with Crippen LogP contribution in [0.15, 0.2) is 24.3 Å². The largest absolute Gasteiger partial charge is 0.508 e. The van der Waals surface area contributed by atoms with Crippen molar-refractivity contribution in [1.82, 2.24) is 3.53 Å². The molecule has 0 aliphatic rings. The second-order valence-electron chi connectivity index (χ2n) is 3.57. The van der Waals surface area contributed by atoms with Crippen LogP contribution >= 0.6 is 22.9 Å². The lowest BCUT2D eigenvalue weighted by molar-refractivity contribution is -0.143. The van der Waals surface area contributed by atoms with Gasteiger partial charge in [0.25, 0.3) is 0 Å². The Morgan fingerprint density at radius 2 is 2.00 bits per heavy atom. The summed E-state index contributed by atoms with van der Waals surface area (Å²) in [5.41, 5.74) is -0.126. The lowest BCUT2D eigenvalue weighted by atomic mass is 9.94. The molecule has 1 aromatic rings. The Balaban J connectivity index is 2.84. The van der Waals surface area contributed by atoms with E-state index in [4.69, 9.17) is 10.2 Å². The smallest absolute Gasteiger partial charge is 0.324 e. The fourth-order valence-corrected chi connectivity index (χ4v) is 1.59. The van der Waals surface area contributed by atoms with Gasteiger partial charge in [-0.25, -0.2) is 3.53 Å². The number of hydrogen-bond donors (Lipinski definition) is 3. The highest BCUT2D eigenvalue weighted by Gasteiger charge is 2.31. The fourth-order valence-electron chi connectivity index (χ4n) is 1.17. The van der Waals surface area contributed by atoms with Gasteiger partial charge >= 0.3 is 5.97 Å². The average Bonchev–Trinajstić information content (AvgIpc) is 2.21. The summed E-state index contributed by atoms with van der Waals surface area (Å²) in [5.74, 6) is -0.719. The Kier molecular flexibility index (Phi) is 3.92. The first-order chi connectivity index (χ1) is 6.98. The molecule has 0 bridgehead atoms. The number of halogens is 1. The van der Waals surface area contributed by atoms with Crippen molar-refractivity contribution in [3.63, 3.8) is 0 Å². The van der Waals surface area contributed by atoms with Gasteiger partial charge in [0.15, 0.2) is 0 Å². The highest BCUT2D eigenvalue weighted by Crippen LogP contribution is 2.17. The van der Waals surface area contributed by atoms with Crippen molar-refractivity contribution in [3.8, 4) is 5.75 Å². The zero-order valence-electron chi connectivity index (χ0n) is 8.20. The Hall–Kier alpha value is -0.820. The molecule has 15 heavy (non-hydrogen) atoms. The molecule has 82 valence electrons. The molecule has 0 unspecified atom stereocenters. The average molecular weight is 321 g/mol. The quantitative estimate of drug-likeness (QED) is 0.583. The first-order valence-electron chi connectivity index (χ1n) is 4.37. The van der Waals surface area contributed by atoms with E-state index in [1.807, 2.05) is 22.9 Å². The van der Waals surface area contributed by atoms with Crippen LogP contribution in [0.3, 0.4) is 0 Å². The number of rotatable bonds is 4. The number of aromatic hydroxyl groups is 1. The SMILES string of the molecule is C[C@@](Cc1ccc(O)cc1)(NI)C(=O)O. The number of phenolic OH excluding ortho intramolecular Hbond substituents is 1. The van der Waals surface area contributed by atoms with Gasteiger partial charge in [-0.15, -0.1) is 0 Å². The molecule has 0 radical (unpaired) electrons. The van der Waals surface area contributed by atoms with Gasteiger partial charge in [-0.2, -0.15) is 0 Å². The third-order valence-electron chi connectivity index (χ3n) is 2.17. The van der Waals surface area contributed by atoms with E-state index in [0.29, 0.717) is 6.42 Å². The molecule has 3 N–H and O–H groups in total. The van der Waals surface area contributed by atoms with Crippen LogP contribution < -0.4 is 3.53 Å². The van der Waals surface area contributed by atoms with Crippen molar-refractivity contribution in [2.24, 2.45) is 0 Å². The van der Waals surface area contributed by atoms with Crippen LogP contribution in [0.4, 0.5) is 0 Å². The maximum atomic E-state index is 11.0. The number of hydrogen-bond acceptors (Lipinski definition) is 3. The summed E-state index contributed by atoms with van der Waals surface area (Å²) in [7, 11) is 0. The zero-order valence-corrected chi connectivity index (χ0v) is 10.4. The third-order valence-corrected chi connectivity index (χ3v) is 3.37. The van der Waals surface area contributed by atoms with Gasteiger partial charge in [0.1, 0.15) is 11.3 Å². The van der Waals surface area contributed by atoms with Crippen LogP contribution in [-0.2, 0) is 11.2 Å². The molecule has 0 heterocycles. The molecule has 0 aliphatic heterocycles. The van der Waals surface area contributed by atoms with Crippen LogP contribution in [0.25, 0.3) is 0 Å². The normalized spacial score (nSPS) is 14.5. The molecule has 5 heteroatoms. The maximum absolute atomic E-state index is 11.0. The van der Waals surface area contributed by atoms with E-state index in [2.05, 4.69) is 3.53 Å². The second-order valence-corrected chi connectivity index (χ2v) is 4.11. The van der Waals surface area contributed by atoms with Crippen molar-refractivity contribution in [2.75, 3.05) is 0 Å². The monoisotopic (exact) mass is 321 g/mol. The standard InChI is InChI=1S/C10H12INO3/c1-10(12-11,9(14)15)6-7-2-4-8(13)5-3-7/h2-5,12-13H,6H2,1H3,(H,14,15)/t10-/m0/s1. The second kappa shape index (κ2) is 4.80. The zero-order chi connectivity index (χ0) is 11.5. The lowest BCUT2D eigenvalue weighted by Gasteiger charge is -2.22. The first-order valence-corrected chi connectivity index (χ1v) is 5.45. The predicted molar refractivity (Wildman–Crippen MR) is 65.0 cm³/mol. The van der Waals surface area contributed by atoms with Crippen molar-refractivity contribution >= 4 is 28.8 Å². The van der Waals surface area contributed by atoms with Gasteiger partial charge in [0, 0.05) is 29.3 Å². The fraction of sp³-hybridized carbons (Fsp3) is 0.300. The highest BCUT2D eigenvalue weighted by molar-refractivity contribution is 14.1. The van der Waals surface area contributed by atoms with Crippen molar-refractivity contribution < 1.29 is 15.0 Å². The van der Waals surface area contributed by atoms with Crippen LogP contribution in [0.2, 0.25) is 0 Å². The van der Waals surface area contributed by atoms with Crippen LogP contribution in [0, 0.1) is 0 Å². The van der Waals surface area contributed by atoms with Crippen molar-refractivity contribution in [3.05, 3.63) is 29.8 Å². The number of nitrogens with one attached hydrogen (secondary N) is 1. The highest BCUT2D eigenvalue weighted by atomic mass is 127. The summed E-state index contributed by atoms with van der Waals surface area (Å²) in [4.78, 5) is 11.0. The molecule has 0 aliphatic carbocycles. The number of phenols is 1. The molecule has 0 amide bonds. The molecule has 0 fully saturated rings. The van der Waals surface area contributed by atoms with E-state index in [0.717, 1.165) is 5.56 Å². The third kappa shape index (κ3) is 3.07. The number of benzene rings is 1. The van der Waals surface area contributed by atoms with Crippen molar-refractivity contribution in [1.29, 1.82) is 0 Å². The van der Waals surface area contributed by atoms with Crippen LogP contribution in [-0.4, -0.2) is 21.7 Å². The summed E-state index contributed by atoms with van der Waals surface area (Å²) >= 11 is 1.83. The molecular weight excluding hydrogens is 309 g/mol. The Morgan fingerprint density at radius 1 is 1.47 bits per heavy atom. The Bertz CT molecular complexity index is 352. The van der Waals surface area contributed by atoms with E-state index in [9.17, 15) is 4.79 Å². The Labute approximate surface area is 102 Å². The number of carboxylic acids is 1. The molecule has 1 atom stereocenters. The Morgan fingerprint density at radius 3 is 2.40 bits per heavy atom. The molecule has 0 saturated carbocycles. The van der Waals surface area contributed by atoms with E-state index in [-0.39, 0.29) is 5.75 Å². The first kappa shape index (κ1) is 12.3. The van der Waals surface area contributed by atoms with Crippen LogP contribution in [0.5, 0.6) is 5.75 Å². The maximum Gasteiger partial charge on any atom is 0.324 e. The number of carbonyl (C=O) groups is 1. The van der Waals surface area contributed by atoms with E-state index in [1.165, 1.54) is 0 Å². The van der Waals surface area contributed by atoms with Gasteiger partial charge in [-0.05, 0) is 24.6 Å². The topological polar surface area (TPSA) is 69.6 Å². The molecule has 0 saturated heterocycles. The van der Waals surface area contributed by atoms with E-state index in [1.54, 1.807) is 31.2 Å². The molecule has 1 rings (SSSR count). The van der Waals surface area contributed by atoms with Crippen LogP contribution in [0.1, 0.15) is 12.5 Å². The van der Waals surface area contributed by atoms with Gasteiger partial charge in [0.05, 0.1) is 0 Å². The molecule has 1 aromatic carbocycles. The minimum absolute atomic E-state index is 0.179. The van der Waals surface area contributed by atoms with Gasteiger partial charge in [0.2, 0.25) is 0 Å². The van der Waals surface area contributed by atoms with E-state index >= 15 is 0 Å². The molecular formula is C10H12INO3. The summed E-state index contributed by atoms with van der Waals surface area (Å²) in [6.45, 7) is 1.62. The summed E-state index contributed by atoms with van der Waals surface area (Å²) in [6, 6.07) is 6.52. The summed E-state index contributed by atoms with van der Waals surface area (Å²) in [6.07, 6.45) is 0.367. The van der Waals surface area contributed by atoms with Gasteiger partial charge in [-0.1, -0.05) is 12.1 Å².